The summed E-state index contributed by atoms with van der Waals surface area (Å²) in [7, 11) is 0. The Balaban J connectivity index is 1.56. The fourth-order valence-corrected chi connectivity index (χ4v) is 2.91. The number of nitrogens with zero attached hydrogens (tertiary/aromatic N) is 2. The summed E-state index contributed by atoms with van der Waals surface area (Å²) in [6.07, 6.45) is 3.87. The second-order valence-electron chi connectivity index (χ2n) is 6.24. The molecule has 2 aromatic heterocycles. The van der Waals surface area contributed by atoms with Crippen LogP contribution >= 0.6 is 0 Å². The first kappa shape index (κ1) is 16.9. The highest BCUT2D eigenvalue weighted by Gasteiger charge is 2.10. The van der Waals surface area contributed by atoms with Gasteiger partial charge in [0.15, 0.2) is 0 Å². The lowest BCUT2D eigenvalue weighted by Gasteiger charge is -2.06. The van der Waals surface area contributed by atoms with E-state index in [9.17, 15) is 13.6 Å². The first-order chi connectivity index (χ1) is 13.0. The fourth-order valence-electron chi connectivity index (χ4n) is 2.91. The quantitative estimate of drug-likeness (QED) is 0.566. The molecule has 2 aromatic carbocycles. The standard InChI is InChI=1S/C21H15F2N3O/c1-13-3-2-8-26-12-19(25-20(13)26)14-4-6-18(7-5-14)24-21(27)15-9-16(22)11-17(23)10-15/h2-12H,1H3,(H,24,27). The average Bonchev–Trinajstić information content (AvgIpc) is 3.07. The van der Waals surface area contributed by atoms with Crippen LogP contribution in [0.2, 0.25) is 0 Å². The van der Waals surface area contributed by atoms with Crippen LogP contribution < -0.4 is 5.32 Å². The summed E-state index contributed by atoms with van der Waals surface area (Å²) in [6.45, 7) is 2.00. The van der Waals surface area contributed by atoms with E-state index in [2.05, 4.69) is 10.3 Å². The summed E-state index contributed by atoms with van der Waals surface area (Å²) in [5, 5.41) is 2.63. The highest BCUT2D eigenvalue weighted by molar-refractivity contribution is 6.04. The Morgan fingerprint density at radius 2 is 1.74 bits per heavy atom. The van der Waals surface area contributed by atoms with Gasteiger partial charge in [0, 0.05) is 35.3 Å². The summed E-state index contributed by atoms with van der Waals surface area (Å²) in [6, 6.07) is 13.8. The second-order valence-corrected chi connectivity index (χ2v) is 6.24. The van der Waals surface area contributed by atoms with Gasteiger partial charge in [0.05, 0.1) is 5.69 Å². The third kappa shape index (κ3) is 3.42. The molecule has 27 heavy (non-hydrogen) atoms. The molecule has 0 bridgehead atoms. The number of carbonyl (C=O) groups is 1. The highest BCUT2D eigenvalue weighted by atomic mass is 19.1. The summed E-state index contributed by atoms with van der Waals surface area (Å²) in [4.78, 5) is 16.8. The Kier molecular flexibility index (Phi) is 4.16. The van der Waals surface area contributed by atoms with Crippen molar-refractivity contribution in [1.29, 1.82) is 0 Å². The van der Waals surface area contributed by atoms with Crippen molar-refractivity contribution in [2.24, 2.45) is 0 Å². The highest BCUT2D eigenvalue weighted by Crippen LogP contribution is 2.23. The van der Waals surface area contributed by atoms with Crippen molar-refractivity contribution in [3.63, 3.8) is 0 Å². The number of pyridine rings is 1. The van der Waals surface area contributed by atoms with Crippen LogP contribution in [-0.2, 0) is 0 Å². The maximum atomic E-state index is 13.3. The Bertz CT molecular complexity index is 1130. The van der Waals surface area contributed by atoms with Gasteiger partial charge in [-0.2, -0.15) is 0 Å². The third-order valence-electron chi connectivity index (χ3n) is 4.24. The first-order valence-corrected chi connectivity index (χ1v) is 8.32. The van der Waals surface area contributed by atoms with E-state index >= 15 is 0 Å². The minimum absolute atomic E-state index is 0.0765. The van der Waals surface area contributed by atoms with Crippen LogP contribution in [-0.4, -0.2) is 15.3 Å². The minimum atomic E-state index is -0.794. The summed E-state index contributed by atoms with van der Waals surface area (Å²) >= 11 is 0. The number of hydrogen-bond acceptors (Lipinski definition) is 2. The third-order valence-corrected chi connectivity index (χ3v) is 4.24. The van der Waals surface area contributed by atoms with Crippen molar-refractivity contribution >= 4 is 17.2 Å². The first-order valence-electron chi connectivity index (χ1n) is 8.32. The topological polar surface area (TPSA) is 46.4 Å². The molecular weight excluding hydrogens is 348 g/mol. The second kappa shape index (κ2) is 6.64. The van der Waals surface area contributed by atoms with E-state index in [1.165, 1.54) is 0 Å². The molecule has 2 heterocycles. The van der Waals surface area contributed by atoms with Gasteiger partial charge in [0.1, 0.15) is 17.3 Å². The fraction of sp³-hybridized carbons (Fsp3) is 0.0476. The molecule has 0 saturated carbocycles. The van der Waals surface area contributed by atoms with Crippen molar-refractivity contribution in [2.75, 3.05) is 5.32 Å². The van der Waals surface area contributed by atoms with Crippen molar-refractivity contribution in [1.82, 2.24) is 9.38 Å². The van der Waals surface area contributed by atoms with Crippen molar-refractivity contribution < 1.29 is 13.6 Å². The molecule has 0 aliphatic heterocycles. The predicted octanol–water partition coefficient (Wildman–Crippen LogP) is 4.84. The molecule has 0 saturated heterocycles. The van der Waals surface area contributed by atoms with Gasteiger partial charge in [-0.15, -0.1) is 0 Å². The van der Waals surface area contributed by atoms with E-state index < -0.39 is 17.5 Å². The van der Waals surface area contributed by atoms with Crippen LogP contribution in [0.5, 0.6) is 0 Å². The molecule has 1 amide bonds. The molecule has 6 heteroatoms. The van der Waals surface area contributed by atoms with Gasteiger partial charge in [-0.05, 0) is 42.8 Å². The molecule has 4 nitrogen and oxygen atoms in total. The van der Waals surface area contributed by atoms with Crippen LogP contribution in [0.4, 0.5) is 14.5 Å². The van der Waals surface area contributed by atoms with Gasteiger partial charge in [-0.3, -0.25) is 4.79 Å². The Hall–Kier alpha value is -3.54. The van der Waals surface area contributed by atoms with E-state index in [1.807, 2.05) is 48.0 Å². The van der Waals surface area contributed by atoms with Crippen molar-refractivity contribution in [3.8, 4) is 11.3 Å². The normalized spacial score (nSPS) is 10.9. The zero-order valence-electron chi connectivity index (χ0n) is 14.4. The lowest BCUT2D eigenvalue weighted by Crippen LogP contribution is -2.12. The number of aryl methyl sites for hydroxylation is 1. The number of carbonyl (C=O) groups excluding carboxylic acids is 1. The number of amides is 1. The maximum absolute atomic E-state index is 13.3. The average molecular weight is 363 g/mol. The van der Waals surface area contributed by atoms with Crippen LogP contribution in [0, 0.1) is 18.6 Å². The number of aromatic nitrogens is 2. The number of imidazole rings is 1. The summed E-state index contributed by atoms with van der Waals surface area (Å²) in [5.74, 6) is -2.17. The van der Waals surface area contributed by atoms with Crippen molar-refractivity contribution in [2.45, 2.75) is 6.92 Å². The van der Waals surface area contributed by atoms with Crippen LogP contribution in [0.25, 0.3) is 16.9 Å². The number of nitrogens with one attached hydrogen (secondary N) is 1. The molecule has 0 spiro atoms. The van der Waals surface area contributed by atoms with E-state index in [0.717, 1.165) is 40.7 Å². The lowest BCUT2D eigenvalue weighted by molar-refractivity contribution is 0.102. The summed E-state index contributed by atoms with van der Waals surface area (Å²) < 4.78 is 28.5. The molecule has 0 fully saturated rings. The minimum Gasteiger partial charge on any atom is -0.322 e. The number of hydrogen-bond donors (Lipinski definition) is 1. The smallest absolute Gasteiger partial charge is 0.255 e. The maximum Gasteiger partial charge on any atom is 0.255 e. The molecule has 0 aliphatic carbocycles. The van der Waals surface area contributed by atoms with Gasteiger partial charge >= 0.3 is 0 Å². The molecular formula is C21H15F2N3O. The zero-order valence-corrected chi connectivity index (χ0v) is 14.4. The molecule has 134 valence electrons. The van der Waals surface area contributed by atoms with E-state index in [1.54, 1.807) is 12.1 Å². The van der Waals surface area contributed by atoms with Crippen LogP contribution in [0.1, 0.15) is 15.9 Å². The number of rotatable bonds is 3. The number of anilines is 1. The predicted molar refractivity (Wildman–Crippen MR) is 99.7 cm³/mol. The molecule has 0 atom stereocenters. The summed E-state index contributed by atoms with van der Waals surface area (Å²) in [5.41, 5.74) is 4.12. The van der Waals surface area contributed by atoms with Gasteiger partial charge < -0.3 is 9.72 Å². The van der Waals surface area contributed by atoms with Crippen molar-refractivity contribution in [3.05, 3.63) is 89.8 Å². The number of fused-ring (bicyclic) bond motifs is 1. The number of benzene rings is 2. The van der Waals surface area contributed by atoms with Gasteiger partial charge in [0.2, 0.25) is 0 Å². The zero-order chi connectivity index (χ0) is 19.0. The Morgan fingerprint density at radius 1 is 1.04 bits per heavy atom. The van der Waals surface area contributed by atoms with E-state index in [4.69, 9.17) is 0 Å². The molecule has 0 aliphatic rings. The molecule has 4 rings (SSSR count). The molecule has 0 radical (unpaired) electrons. The van der Waals surface area contributed by atoms with Gasteiger partial charge in [-0.25, -0.2) is 13.8 Å². The van der Waals surface area contributed by atoms with Gasteiger partial charge in [-0.1, -0.05) is 18.2 Å². The van der Waals surface area contributed by atoms with Gasteiger partial charge in [0.25, 0.3) is 5.91 Å². The number of halogens is 2. The van der Waals surface area contributed by atoms with E-state index in [-0.39, 0.29) is 5.56 Å². The Morgan fingerprint density at radius 3 is 2.41 bits per heavy atom. The largest absolute Gasteiger partial charge is 0.322 e. The molecule has 1 N–H and O–H groups in total. The molecule has 0 unspecified atom stereocenters. The van der Waals surface area contributed by atoms with Crippen LogP contribution in [0.3, 0.4) is 0 Å². The SMILES string of the molecule is Cc1cccn2cc(-c3ccc(NC(=O)c4cc(F)cc(F)c4)cc3)nc12. The molecule has 4 aromatic rings. The van der Waals surface area contributed by atoms with E-state index in [0.29, 0.717) is 5.69 Å². The monoisotopic (exact) mass is 363 g/mol. The Labute approximate surface area is 154 Å². The van der Waals surface area contributed by atoms with Crippen LogP contribution in [0.15, 0.2) is 67.0 Å². The lowest BCUT2D eigenvalue weighted by atomic mass is 10.1.